The Morgan fingerprint density at radius 1 is 0.429 bits per heavy atom. The molecule has 0 aliphatic rings. The number of nitrogens with zero attached hydrogens (tertiary/aromatic N) is 1. The predicted molar refractivity (Wildman–Crippen MR) is 150 cm³/mol. The highest BCUT2D eigenvalue weighted by Gasteiger charge is 1.98. The maximum Gasteiger partial charge on any atom is 0.303 e. The van der Waals surface area contributed by atoms with Crippen LogP contribution in [0.1, 0.15) is 180 Å². The molecule has 0 heterocycles. The van der Waals surface area contributed by atoms with E-state index in [9.17, 15) is 9.59 Å². The van der Waals surface area contributed by atoms with Gasteiger partial charge >= 0.3 is 5.97 Å². The number of isocyanates is 1. The summed E-state index contributed by atoms with van der Waals surface area (Å²) >= 11 is 0. The molecule has 0 rings (SSSR count). The summed E-state index contributed by atoms with van der Waals surface area (Å²) in [6.45, 7) is 0.660. The van der Waals surface area contributed by atoms with Gasteiger partial charge in [0, 0.05) is 6.42 Å². The van der Waals surface area contributed by atoms with Gasteiger partial charge in [-0.1, -0.05) is 161 Å². The van der Waals surface area contributed by atoms with E-state index in [1.54, 1.807) is 6.08 Å². The first kappa shape index (κ1) is 33.8. The van der Waals surface area contributed by atoms with E-state index in [1.165, 1.54) is 154 Å². The normalized spacial score (nSPS) is 11.0. The van der Waals surface area contributed by atoms with Crippen LogP contribution in [0, 0.1) is 0 Å². The van der Waals surface area contributed by atoms with Gasteiger partial charge in [0.15, 0.2) is 0 Å². The summed E-state index contributed by atoms with van der Waals surface area (Å²) in [5, 5.41) is 8.61. The predicted octanol–water partition coefficient (Wildman–Crippen LogP) is 10.3. The first-order valence-electron chi connectivity index (χ1n) is 15.5. The molecular formula is C31H59NO3. The maximum atomic E-state index is 10.5. The fourth-order valence-corrected chi connectivity index (χ4v) is 4.93. The Hall–Kier alpha value is -1.15. The van der Waals surface area contributed by atoms with Crippen molar-refractivity contribution in [2.24, 2.45) is 4.99 Å². The van der Waals surface area contributed by atoms with Gasteiger partial charge in [-0.05, 0) is 12.8 Å². The van der Waals surface area contributed by atoms with Crippen molar-refractivity contribution in [2.45, 2.75) is 180 Å². The molecule has 0 aromatic heterocycles. The van der Waals surface area contributed by atoms with Crippen LogP contribution < -0.4 is 0 Å². The SMILES string of the molecule is O=C=NCCCCCCCCCCCCCCCCCCCCCCCCCCCCCC(=O)O. The van der Waals surface area contributed by atoms with Crippen molar-refractivity contribution in [3.8, 4) is 0 Å². The third-order valence-electron chi connectivity index (χ3n) is 7.23. The molecule has 35 heavy (non-hydrogen) atoms. The van der Waals surface area contributed by atoms with Gasteiger partial charge in [0.05, 0.1) is 6.54 Å². The van der Waals surface area contributed by atoms with Crippen molar-refractivity contribution < 1.29 is 14.7 Å². The molecule has 0 radical (unpaired) electrons. The second-order valence-corrected chi connectivity index (χ2v) is 10.7. The zero-order valence-electron chi connectivity index (χ0n) is 23.2. The van der Waals surface area contributed by atoms with Crippen LogP contribution >= 0.6 is 0 Å². The zero-order chi connectivity index (χ0) is 25.5. The molecule has 0 aliphatic heterocycles. The van der Waals surface area contributed by atoms with Crippen LogP contribution in [0.25, 0.3) is 0 Å². The highest BCUT2D eigenvalue weighted by atomic mass is 16.4. The van der Waals surface area contributed by atoms with Crippen LogP contribution in [0.5, 0.6) is 0 Å². The third-order valence-corrected chi connectivity index (χ3v) is 7.23. The summed E-state index contributed by atoms with van der Waals surface area (Å²) in [4.78, 5) is 24.0. The molecule has 4 heteroatoms. The maximum absolute atomic E-state index is 10.5. The Balaban J connectivity index is 3.03. The molecule has 0 saturated heterocycles. The van der Waals surface area contributed by atoms with Crippen LogP contribution in [0.4, 0.5) is 0 Å². The third kappa shape index (κ3) is 32.9. The number of aliphatic carboxylic acids is 1. The minimum atomic E-state index is -0.655. The molecule has 0 spiro atoms. The Morgan fingerprint density at radius 3 is 0.886 bits per heavy atom. The number of carboxylic acid groups (broad SMARTS) is 1. The molecule has 206 valence electrons. The average molecular weight is 494 g/mol. The van der Waals surface area contributed by atoms with Crippen LogP contribution in [0.2, 0.25) is 0 Å². The van der Waals surface area contributed by atoms with E-state index in [0.717, 1.165) is 19.3 Å². The van der Waals surface area contributed by atoms with Gasteiger partial charge in [0.1, 0.15) is 0 Å². The first-order chi connectivity index (χ1) is 17.3. The molecular weight excluding hydrogens is 434 g/mol. The number of unbranched alkanes of at least 4 members (excludes halogenated alkanes) is 26. The van der Waals surface area contributed by atoms with Crippen LogP contribution in [0.15, 0.2) is 4.99 Å². The molecule has 0 amide bonds. The molecule has 0 atom stereocenters. The van der Waals surface area contributed by atoms with E-state index in [2.05, 4.69) is 4.99 Å². The molecule has 0 fully saturated rings. The Kier molecular flexibility index (Phi) is 29.9. The number of carboxylic acids is 1. The lowest BCUT2D eigenvalue weighted by atomic mass is 10.0. The summed E-state index contributed by atoms with van der Waals surface area (Å²) in [7, 11) is 0. The number of carbonyl (C=O) groups excluding carboxylic acids is 1. The minimum Gasteiger partial charge on any atom is -0.481 e. The van der Waals surface area contributed by atoms with E-state index in [1.807, 2.05) is 0 Å². The first-order valence-corrected chi connectivity index (χ1v) is 15.5. The van der Waals surface area contributed by atoms with E-state index < -0.39 is 5.97 Å². The van der Waals surface area contributed by atoms with Crippen LogP contribution in [0.3, 0.4) is 0 Å². The monoisotopic (exact) mass is 493 g/mol. The van der Waals surface area contributed by atoms with E-state index >= 15 is 0 Å². The molecule has 0 unspecified atom stereocenters. The molecule has 0 saturated carbocycles. The van der Waals surface area contributed by atoms with Gasteiger partial charge in [-0.15, -0.1) is 0 Å². The molecule has 0 bridgehead atoms. The second-order valence-electron chi connectivity index (χ2n) is 10.7. The van der Waals surface area contributed by atoms with Gasteiger partial charge in [-0.25, -0.2) is 9.79 Å². The summed E-state index contributed by atoms with van der Waals surface area (Å²) in [6, 6.07) is 0. The van der Waals surface area contributed by atoms with Crippen LogP contribution in [-0.4, -0.2) is 23.7 Å². The Bertz CT molecular complexity index is 446. The number of hydrogen-bond donors (Lipinski definition) is 1. The highest BCUT2D eigenvalue weighted by Crippen LogP contribution is 2.16. The van der Waals surface area contributed by atoms with Gasteiger partial charge in [0.25, 0.3) is 0 Å². The zero-order valence-corrected chi connectivity index (χ0v) is 23.2. The van der Waals surface area contributed by atoms with E-state index in [4.69, 9.17) is 5.11 Å². The van der Waals surface area contributed by atoms with Gasteiger partial charge < -0.3 is 5.11 Å². The quantitative estimate of drug-likeness (QED) is 0.0614. The summed E-state index contributed by atoms with van der Waals surface area (Å²) in [6.07, 6.45) is 38.0. The van der Waals surface area contributed by atoms with Crippen molar-refractivity contribution in [3.63, 3.8) is 0 Å². The van der Waals surface area contributed by atoms with Crippen LogP contribution in [-0.2, 0) is 9.59 Å². The number of hydrogen-bond acceptors (Lipinski definition) is 3. The van der Waals surface area contributed by atoms with Gasteiger partial charge in [-0.3, -0.25) is 4.79 Å². The molecule has 1 N–H and O–H groups in total. The molecule has 0 aromatic rings. The van der Waals surface area contributed by atoms with Crippen molar-refractivity contribution >= 4 is 12.0 Å². The summed E-state index contributed by atoms with van der Waals surface area (Å²) in [5.74, 6) is -0.655. The average Bonchev–Trinajstić information content (AvgIpc) is 2.85. The molecule has 0 aliphatic carbocycles. The minimum absolute atomic E-state index is 0.339. The fourth-order valence-electron chi connectivity index (χ4n) is 4.93. The van der Waals surface area contributed by atoms with Crippen molar-refractivity contribution in [2.75, 3.05) is 6.54 Å². The molecule has 0 aromatic carbocycles. The van der Waals surface area contributed by atoms with E-state index in [0.29, 0.717) is 13.0 Å². The van der Waals surface area contributed by atoms with Crippen molar-refractivity contribution in [3.05, 3.63) is 0 Å². The summed E-state index contributed by atoms with van der Waals surface area (Å²) < 4.78 is 0. The van der Waals surface area contributed by atoms with Gasteiger partial charge in [-0.2, -0.15) is 0 Å². The summed E-state index contributed by atoms with van der Waals surface area (Å²) in [5.41, 5.74) is 0. The largest absolute Gasteiger partial charge is 0.481 e. The Labute approximate surface area is 218 Å². The van der Waals surface area contributed by atoms with Gasteiger partial charge in [0.2, 0.25) is 6.08 Å². The number of carbonyl (C=O) groups is 1. The standard InChI is InChI=1S/C31H59NO3/c33-30-32-29-27-25-23-21-19-17-15-13-11-9-7-5-3-1-2-4-6-8-10-12-14-16-18-20-22-24-26-28-31(34)35/h1-29H2,(H,34,35). The van der Waals surface area contributed by atoms with E-state index in [-0.39, 0.29) is 0 Å². The number of aliphatic imine (C=N–C) groups is 1. The van der Waals surface area contributed by atoms with Crippen molar-refractivity contribution in [1.29, 1.82) is 0 Å². The lowest BCUT2D eigenvalue weighted by Crippen LogP contribution is -1.93. The topological polar surface area (TPSA) is 66.7 Å². The molecule has 4 nitrogen and oxygen atoms in total. The lowest BCUT2D eigenvalue weighted by molar-refractivity contribution is -0.137. The highest BCUT2D eigenvalue weighted by molar-refractivity contribution is 5.66. The number of rotatable bonds is 30. The fraction of sp³-hybridized carbons (Fsp3) is 0.935. The smallest absolute Gasteiger partial charge is 0.303 e. The van der Waals surface area contributed by atoms with Crippen molar-refractivity contribution in [1.82, 2.24) is 0 Å². The lowest BCUT2D eigenvalue weighted by Gasteiger charge is -2.04. The Morgan fingerprint density at radius 2 is 0.657 bits per heavy atom. The second kappa shape index (κ2) is 30.9.